The fourth-order valence-corrected chi connectivity index (χ4v) is 4.79. The predicted molar refractivity (Wildman–Crippen MR) is 125 cm³/mol. The molecule has 0 aromatic heterocycles. The van der Waals surface area contributed by atoms with Gasteiger partial charge in [0.15, 0.2) is 5.60 Å². The highest BCUT2D eigenvalue weighted by molar-refractivity contribution is 5.86. The van der Waals surface area contributed by atoms with E-state index in [0.29, 0.717) is 0 Å². The van der Waals surface area contributed by atoms with E-state index in [-0.39, 0.29) is 50.3 Å². The number of ether oxygens (including phenoxy) is 1. The lowest BCUT2D eigenvalue weighted by Crippen LogP contribution is -2.56. The highest BCUT2D eigenvalue weighted by atomic mass is 16.5. The second-order valence-electron chi connectivity index (χ2n) is 9.35. The van der Waals surface area contributed by atoms with Crippen LogP contribution in [0, 0.1) is 5.92 Å². The van der Waals surface area contributed by atoms with Crippen molar-refractivity contribution in [2.24, 2.45) is 5.92 Å². The molecule has 1 aliphatic carbocycles. The molecule has 1 atom stereocenters. The maximum absolute atomic E-state index is 13.1. The van der Waals surface area contributed by atoms with Gasteiger partial charge in [0.2, 0.25) is 5.91 Å². The molecule has 0 radical (unpaired) electrons. The number of benzene rings is 2. The van der Waals surface area contributed by atoms with Gasteiger partial charge in [-0.2, -0.15) is 0 Å². The third kappa shape index (κ3) is 4.50. The fraction of sp³-hybridized carbons (Fsp3) is 0.423. The number of carboxylic acids is 1. The summed E-state index contributed by atoms with van der Waals surface area (Å²) in [5.74, 6) is -1.87. The van der Waals surface area contributed by atoms with Crippen LogP contribution >= 0.6 is 0 Å². The summed E-state index contributed by atoms with van der Waals surface area (Å²) in [5.41, 5.74) is 2.66. The Bertz CT molecular complexity index is 1040. The highest BCUT2D eigenvalue weighted by Gasteiger charge is 2.42. The number of likely N-dealkylation sites (tertiary alicyclic amines) is 1. The smallest absolute Gasteiger partial charge is 0.407 e. The van der Waals surface area contributed by atoms with Gasteiger partial charge in [0.25, 0.3) is 0 Å². The number of aliphatic carboxylic acids is 1. The number of hydrogen-bond acceptors (Lipinski definition) is 5. The number of carbonyl (C=O) groups excluding carboxylic acids is 2. The van der Waals surface area contributed by atoms with E-state index in [9.17, 15) is 24.6 Å². The molecule has 0 spiro atoms. The molecule has 2 aliphatic rings. The minimum Gasteiger partial charge on any atom is -0.479 e. The van der Waals surface area contributed by atoms with Crippen molar-refractivity contribution in [3.63, 3.8) is 0 Å². The number of hydrogen-bond donors (Lipinski definition) is 3. The SMILES string of the molecule is CC(C)[C@H](NC(=O)OCC1c2ccccc2-c2ccccc21)C(=O)N1CCC(O)(C(=O)O)CC1. The van der Waals surface area contributed by atoms with Crippen LogP contribution in [0.5, 0.6) is 0 Å². The molecule has 180 valence electrons. The third-order valence-corrected chi connectivity index (χ3v) is 6.85. The molecule has 2 aromatic carbocycles. The summed E-state index contributed by atoms with van der Waals surface area (Å²) < 4.78 is 5.58. The van der Waals surface area contributed by atoms with Gasteiger partial charge in [0, 0.05) is 31.8 Å². The van der Waals surface area contributed by atoms with Crippen molar-refractivity contribution in [1.29, 1.82) is 0 Å². The number of nitrogens with one attached hydrogen (secondary N) is 1. The third-order valence-electron chi connectivity index (χ3n) is 6.85. The molecular formula is C26H30N2O6. The number of aliphatic hydroxyl groups is 1. The summed E-state index contributed by atoms with van der Waals surface area (Å²) in [5, 5.41) is 22.0. The van der Waals surface area contributed by atoms with Gasteiger partial charge in [-0.3, -0.25) is 4.79 Å². The maximum atomic E-state index is 13.1. The van der Waals surface area contributed by atoms with Crippen molar-refractivity contribution in [2.45, 2.75) is 44.2 Å². The van der Waals surface area contributed by atoms with Gasteiger partial charge in [-0.1, -0.05) is 62.4 Å². The van der Waals surface area contributed by atoms with Crippen molar-refractivity contribution >= 4 is 18.0 Å². The van der Waals surface area contributed by atoms with E-state index < -0.39 is 23.7 Å². The Balaban J connectivity index is 1.39. The normalized spacial score (nSPS) is 17.6. The van der Waals surface area contributed by atoms with Gasteiger partial charge in [0.05, 0.1) is 0 Å². The lowest BCUT2D eigenvalue weighted by molar-refractivity contribution is -0.165. The first-order valence-electron chi connectivity index (χ1n) is 11.6. The molecule has 34 heavy (non-hydrogen) atoms. The molecule has 1 aliphatic heterocycles. The number of fused-ring (bicyclic) bond motifs is 3. The molecule has 1 heterocycles. The van der Waals surface area contributed by atoms with Gasteiger partial charge in [-0.05, 0) is 28.2 Å². The predicted octanol–water partition coefficient (Wildman–Crippen LogP) is 2.99. The van der Waals surface area contributed by atoms with Crippen LogP contribution in [-0.2, 0) is 14.3 Å². The molecule has 2 aromatic rings. The van der Waals surface area contributed by atoms with E-state index in [1.54, 1.807) is 0 Å². The second-order valence-corrected chi connectivity index (χ2v) is 9.35. The largest absolute Gasteiger partial charge is 0.479 e. The Kier molecular flexibility index (Phi) is 6.61. The number of carboxylic acid groups (broad SMARTS) is 1. The van der Waals surface area contributed by atoms with Crippen molar-refractivity contribution < 1.29 is 29.3 Å². The number of rotatable bonds is 6. The average Bonchev–Trinajstić information content (AvgIpc) is 3.15. The van der Waals surface area contributed by atoms with E-state index in [2.05, 4.69) is 17.4 Å². The number of piperidine rings is 1. The van der Waals surface area contributed by atoms with Crippen LogP contribution in [0.15, 0.2) is 48.5 Å². The summed E-state index contributed by atoms with van der Waals surface area (Å²) in [6, 6.07) is 15.3. The van der Waals surface area contributed by atoms with E-state index in [0.717, 1.165) is 22.3 Å². The molecule has 0 bridgehead atoms. The first kappa shape index (κ1) is 23.8. The molecular weight excluding hydrogens is 436 g/mol. The Hall–Kier alpha value is -3.39. The Morgan fingerprint density at radius 3 is 2.06 bits per heavy atom. The Labute approximate surface area is 198 Å². The number of nitrogens with zero attached hydrogens (tertiary/aromatic N) is 1. The zero-order valence-corrected chi connectivity index (χ0v) is 19.4. The molecule has 1 fully saturated rings. The first-order valence-corrected chi connectivity index (χ1v) is 11.6. The number of carbonyl (C=O) groups is 3. The minimum absolute atomic E-state index is 0.0518. The van der Waals surface area contributed by atoms with Gasteiger partial charge in [0.1, 0.15) is 12.6 Å². The summed E-state index contributed by atoms with van der Waals surface area (Å²) in [6.45, 7) is 4.01. The van der Waals surface area contributed by atoms with Crippen LogP contribution < -0.4 is 5.32 Å². The fourth-order valence-electron chi connectivity index (χ4n) is 4.79. The number of alkyl carbamates (subject to hydrolysis) is 1. The summed E-state index contributed by atoms with van der Waals surface area (Å²) in [7, 11) is 0. The Morgan fingerprint density at radius 2 is 1.56 bits per heavy atom. The van der Waals surface area contributed by atoms with Crippen molar-refractivity contribution in [1.82, 2.24) is 10.2 Å². The lowest BCUT2D eigenvalue weighted by Gasteiger charge is -2.37. The second kappa shape index (κ2) is 9.46. The van der Waals surface area contributed by atoms with E-state index in [4.69, 9.17) is 4.74 Å². The van der Waals surface area contributed by atoms with Crippen LogP contribution in [-0.4, -0.2) is 64.4 Å². The number of amides is 2. The molecule has 0 saturated carbocycles. The van der Waals surface area contributed by atoms with Crippen molar-refractivity contribution in [3.8, 4) is 11.1 Å². The van der Waals surface area contributed by atoms with E-state index >= 15 is 0 Å². The van der Waals surface area contributed by atoms with Gasteiger partial charge in [-0.15, -0.1) is 0 Å². The van der Waals surface area contributed by atoms with Crippen LogP contribution in [0.3, 0.4) is 0 Å². The van der Waals surface area contributed by atoms with Crippen LogP contribution in [0.1, 0.15) is 43.7 Å². The average molecular weight is 467 g/mol. The van der Waals surface area contributed by atoms with Crippen LogP contribution in [0.25, 0.3) is 11.1 Å². The molecule has 8 heteroatoms. The Morgan fingerprint density at radius 1 is 1.03 bits per heavy atom. The molecule has 2 amide bonds. The van der Waals surface area contributed by atoms with Crippen LogP contribution in [0.4, 0.5) is 4.79 Å². The van der Waals surface area contributed by atoms with Gasteiger partial charge >= 0.3 is 12.1 Å². The lowest BCUT2D eigenvalue weighted by atomic mass is 9.90. The van der Waals surface area contributed by atoms with Gasteiger partial charge in [-0.25, -0.2) is 9.59 Å². The summed E-state index contributed by atoms with van der Waals surface area (Å²) in [6.07, 6.45) is -0.777. The monoisotopic (exact) mass is 466 g/mol. The van der Waals surface area contributed by atoms with E-state index in [1.165, 1.54) is 4.90 Å². The van der Waals surface area contributed by atoms with Crippen molar-refractivity contribution in [3.05, 3.63) is 59.7 Å². The van der Waals surface area contributed by atoms with E-state index in [1.807, 2.05) is 50.2 Å². The summed E-state index contributed by atoms with van der Waals surface area (Å²) in [4.78, 5) is 38.5. The maximum Gasteiger partial charge on any atom is 0.407 e. The minimum atomic E-state index is -1.82. The summed E-state index contributed by atoms with van der Waals surface area (Å²) >= 11 is 0. The first-order chi connectivity index (χ1) is 16.2. The molecule has 1 saturated heterocycles. The topological polar surface area (TPSA) is 116 Å². The standard InChI is InChI=1S/C26H30N2O6/c1-16(2)22(23(29)28-13-11-26(33,12-14-28)24(30)31)27-25(32)34-15-21-19-9-5-3-7-17(19)18-8-4-6-10-20(18)21/h3-10,16,21-22,33H,11-15H2,1-2H3,(H,27,32)(H,30,31)/t22-/m0/s1. The quantitative estimate of drug-likeness (QED) is 0.603. The van der Waals surface area contributed by atoms with Gasteiger partial charge < -0.3 is 25.2 Å². The molecule has 0 unspecified atom stereocenters. The zero-order chi connectivity index (χ0) is 24.5. The van der Waals surface area contributed by atoms with Crippen LogP contribution in [0.2, 0.25) is 0 Å². The zero-order valence-electron chi connectivity index (χ0n) is 19.4. The molecule has 4 rings (SSSR count). The molecule has 8 nitrogen and oxygen atoms in total. The van der Waals surface area contributed by atoms with Crippen molar-refractivity contribution in [2.75, 3.05) is 19.7 Å². The highest BCUT2D eigenvalue weighted by Crippen LogP contribution is 2.44. The molecule has 3 N–H and O–H groups in total.